The first-order chi connectivity index (χ1) is 8.13. The van der Waals surface area contributed by atoms with Crippen LogP contribution in [0.4, 0.5) is 0 Å². The zero-order valence-corrected chi connectivity index (χ0v) is 10.0. The van der Waals surface area contributed by atoms with Gasteiger partial charge in [-0.15, -0.1) is 0 Å². The van der Waals surface area contributed by atoms with E-state index >= 15 is 0 Å². The van der Waals surface area contributed by atoms with Crippen molar-refractivity contribution < 1.29 is 0 Å². The number of hydrogen-bond donors (Lipinski definition) is 2. The highest BCUT2D eigenvalue weighted by Crippen LogP contribution is 2.07. The zero-order valence-electron chi connectivity index (χ0n) is 10.0. The Morgan fingerprint density at radius 2 is 2.00 bits per heavy atom. The molecule has 0 aromatic carbocycles. The topological polar surface area (TPSA) is 83.5 Å². The van der Waals surface area contributed by atoms with Crippen molar-refractivity contribution in [2.24, 2.45) is 7.05 Å². The fourth-order valence-corrected chi connectivity index (χ4v) is 1.81. The van der Waals surface area contributed by atoms with Crippen LogP contribution in [0.1, 0.15) is 32.0 Å². The van der Waals surface area contributed by atoms with E-state index in [1.165, 1.54) is 4.57 Å². The summed E-state index contributed by atoms with van der Waals surface area (Å²) in [6.45, 7) is 2.13. The third-order valence-electron chi connectivity index (χ3n) is 2.82. The minimum absolute atomic E-state index is 0.374. The van der Waals surface area contributed by atoms with Gasteiger partial charge in [0.15, 0.2) is 5.65 Å². The number of aromatic amines is 2. The second-order valence-corrected chi connectivity index (χ2v) is 4.16. The molecule has 0 amide bonds. The summed E-state index contributed by atoms with van der Waals surface area (Å²) in [5.41, 5.74) is -0.0460. The molecule has 0 fully saturated rings. The van der Waals surface area contributed by atoms with Crippen molar-refractivity contribution in [2.75, 3.05) is 0 Å². The van der Waals surface area contributed by atoms with Crippen molar-refractivity contribution in [1.82, 2.24) is 19.5 Å². The van der Waals surface area contributed by atoms with Crippen LogP contribution in [0.3, 0.4) is 0 Å². The lowest BCUT2D eigenvalue weighted by atomic mass is 10.2. The Hall–Kier alpha value is -1.85. The van der Waals surface area contributed by atoms with Gasteiger partial charge in [-0.25, -0.2) is 9.78 Å². The number of H-pyrrole nitrogens is 2. The molecule has 2 rings (SSSR count). The Morgan fingerprint density at radius 3 is 2.71 bits per heavy atom. The molecule has 2 heterocycles. The van der Waals surface area contributed by atoms with Crippen LogP contribution >= 0.6 is 0 Å². The normalized spacial score (nSPS) is 11.2. The lowest BCUT2D eigenvalue weighted by Crippen LogP contribution is -2.28. The monoisotopic (exact) mass is 236 g/mol. The Labute approximate surface area is 97.7 Å². The lowest BCUT2D eigenvalue weighted by molar-refractivity contribution is 0.699. The van der Waals surface area contributed by atoms with Gasteiger partial charge in [0.05, 0.1) is 0 Å². The highest BCUT2D eigenvalue weighted by Gasteiger charge is 2.09. The van der Waals surface area contributed by atoms with Crippen LogP contribution in [0.25, 0.3) is 11.2 Å². The maximum absolute atomic E-state index is 11.6. The maximum atomic E-state index is 11.6. The molecule has 0 bridgehead atoms. The fourth-order valence-electron chi connectivity index (χ4n) is 1.81. The van der Waals surface area contributed by atoms with Gasteiger partial charge in [-0.1, -0.05) is 19.8 Å². The van der Waals surface area contributed by atoms with Gasteiger partial charge in [0, 0.05) is 13.5 Å². The first-order valence-corrected chi connectivity index (χ1v) is 5.81. The number of hydrogen-bond acceptors (Lipinski definition) is 3. The van der Waals surface area contributed by atoms with E-state index in [4.69, 9.17) is 0 Å². The van der Waals surface area contributed by atoms with E-state index in [9.17, 15) is 9.59 Å². The molecular weight excluding hydrogens is 220 g/mol. The molecule has 6 heteroatoms. The van der Waals surface area contributed by atoms with Gasteiger partial charge in [-0.05, 0) is 6.42 Å². The summed E-state index contributed by atoms with van der Waals surface area (Å²) in [6, 6.07) is 0. The third-order valence-corrected chi connectivity index (χ3v) is 2.82. The van der Waals surface area contributed by atoms with Crippen LogP contribution in [-0.2, 0) is 13.5 Å². The number of nitrogens with one attached hydrogen (secondary N) is 2. The van der Waals surface area contributed by atoms with Gasteiger partial charge >= 0.3 is 5.69 Å². The molecule has 0 saturated heterocycles. The predicted molar refractivity (Wildman–Crippen MR) is 65.2 cm³/mol. The smallest absolute Gasteiger partial charge is 0.329 e. The van der Waals surface area contributed by atoms with E-state index in [1.807, 2.05) is 0 Å². The molecule has 0 aliphatic rings. The molecule has 0 saturated carbocycles. The minimum Gasteiger partial charge on any atom is -0.336 e. The van der Waals surface area contributed by atoms with E-state index in [0.29, 0.717) is 11.2 Å². The second-order valence-electron chi connectivity index (χ2n) is 4.16. The molecular formula is C11H16N4O2. The largest absolute Gasteiger partial charge is 0.336 e. The van der Waals surface area contributed by atoms with E-state index in [2.05, 4.69) is 21.9 Å². The van der Waals surface area contributed by atoms with Crippen LogP contribution in [0, 0.1) is 0 Å². The molecule has 0 atom stereocenters. The average molecular weight is 236 g/mol. The predicted octanol–water partition coefficient (Wildman–Crippen LogP) is 0.683. The summed E-state index contributed by atoms with van der Waals surface area (Å²) in [5, 5.41) is 0. The van der Waals surface area contributed by atoms with Gasteiger partial charge in [0.1, 0.15) is 11.3 Å². The molecule has 0 unspecified atom stereocenters. The lowest BCUT2D eigenvalue weighted by Gasteiger charge is -1.95. The number of imidazole rings is 1. The van der Waals surface area contributed by atoms with Gasteiger partial charge < -0.3 is 4.98 Å². The Balaban J connectivity index is 2.43. The van der Waals surface area contributed by atoms with Gasteiger partial charge in [-0.2, -0.15) is 0 Å². The van der Waals surface area contributed by atoms with Crippen LogP contribution < -0.4 is 11.2 Å². The quantitative estimate of drug-likeness (QED) is 0.766. The maximum Gasteiger partial charge on any atom is 0.329 e. The van der Waals surface area contributed by atoms with Crippen LogP contribution in [0.2, 0.25) is 0 Å². The van der Waals surface area contributed by atoms with E-state index < -0.39 is 11.2 Å². The number of nitrogens with zero attached hydrogens (tertiary/aromatic N) is 2. The summed E-state index contributed by atoms with van der Waals surface area (Å²) in [5.74, 6) is 0.764. The van der Waals surface area contributed by atoms with Crippen molar-refractivity contribution in [3.8, 4) is 0 Å². The Kier molecular flexibility index (Phi) is 3.12. The SMILES string of the molecule is CCCCCc1nc2c([nH]1)c(=O)[nH]c(=O)n2C. The number of fused-ring (bicyclic) bond motifs is 1. The van der Waals surface area contributed by atoms with Gasteiger partial charge in [-0.3, -0.25) is 14.3 Å². The first-order valence-electron chi connectivity index (χ1n) is 5.81. The first kappa shape index (κ1) is 11.6. The van der Waals surface area contributed by atoms with Crippen molar-refractivity contribution in [1.29, 1.82) is 0 Å². The molecule has 92 valence electrons. The van der Waals surface area contributed by atoms with Crippen LogP contribution in [-0.4, -0.2) is 19.5 Å². The molecule has 0 aliphatic carbocycles. The van der Waals surface area contributed by atoms with Crippen LogP contribution in [0.15, 0.2) is 9.59 Å². The highest BCUT2D eigenvalue weighted by molar-refractivity contribution is 5.69. The standard InChI is InChI=1S/C11H16N4O2/c1-3-4-5-6-7-12-8-9(13-7)15(2)11(17)14-10(8)16/h3-6H2,1-2H3,(H,12,13)(H,14,16,17). The summed E-state index contributed by atoms with van der Waals surface area (Å²) in [6.07, 6.45) is 4.10. The summed E-state index contributed by atoms with van der Waals surface area (Å²) in [4.78, 5) is 32.4. The highest BCUT2D eigenvalue weighted by atomic mass is 16.2. The zero-order chi connectivity index (χ0) is 12.4. The summed E-state index contributed by atoms with van der Waals surface area (Å²) >= 11 is 0. The molecule has 2 aromatic rings. The number of unbranched alkanes of at least 4 members (excludes halogenated alkanes) is 2. The molecule has 0 spiro atoms. The summed E-state index contributed by atoms with van der Waals surface area (Å²) in [7, 11) is 1.59. The second kappa shape index (κ2) is 4.57. The van der Waals surface area contributed by atoms with Crippen LogP contribution in [0.5, 0.6) is 0 Å². The molecule has 6 nitrogen and oxygen atoms in total. The number of aromatic nitrogens is 4. The van der Waals surface area contributed by atoms with Crippen molar-refractivity contribution in [2.45, 2.75) is 32.6 Å². The Morgan fingerprint density at radius 1 is 1.24 bits per heavy atom. The van der Waals surface area contributed by atoms with E-state index in [1.54, 1.807) is 7.05 Å². The molecule has 2 N–H and O–H groups in total. The average Bonchev–Trinajstić information content (AvgIpc) is 2.71. The van der Waals surface area contributed by atoms with Gasteiger partial charge in [0.2, 0.25) is 0 Å². The van der Waals surface area contributed by atoms with Crippen molar-refractivity contribution in [3.63, 3.8) is 0 Å². The summed E-state index contributed by atoms with van der Waals surface area (Å²) < 4.78 is 1.34. The number of rotatable bonds is 4. The van der Waals surface area contributed by atoms with E-state index in [0.717, 1.165) is 31.5 Å². The minimum atomic E-state index is -0.436. The molecule has 0 aliphatic heterocycles. The molecule has 0 radical (unpaired) electrons. The third kappa shape index (κ3) is 2.15. The molecule has 2 aromatic heterocycles. The van der Waals surface area contributed by atoms with Gasteiger partial charge in [0.25, 0.3) is 5.56 Å². The molecule has 17 heavy (non-hydrogen) atoms. The van der Waals surface area contributed by atoms with E-state index in [-0.39, 0.29) is 0 Å². The van der Waals surface area contributed by atoms with Crippen molar-refractivity contribution in [3.05, 3.63) is 26.7 Å². The fraction of sp³-hybridized carbons (Fsp3) is 0.545. The Bertz CT molecular complexity index is 635. The number of aryl methyl sites for hydroxylation is 2. The van der Waals surface area contributed by atoms with Crippen molar-refractivity contribution >= 4 is 11.2 Å².